The van der Waals surface area contributed by atoms with Crippen molar-refractivity contribution in [2.75, 3.05) is 24.6 Å². The maximum atomic E-state index is 12.5. The number of fused-ring (bicyclic) bond motifs is 2. The number of nitrogens with zero attached hydrogens (tertiary/aromatic N) is 2. The number of carbonyl (C=O) groups is 1. The van der Waals surface area contributed by atoms with Crippen molar-refractivity contribution in [3.8, 4) is 0 Å². The van der Waals surface area contributed by atoms with Crippen molar-refractivity contribution in [3.05, 3.63) is 83.6 Å². The minimum atomic E-state index is -0.436. The molecule has 2 aliphatic heterocycles. The number of anilines is 1. The van der Waals surface area contributed by atoms with Gasteiger partial charge in [-0.25, -0.2) is 0 Å². The summed E-state index contributed by atoms with van der Waals surface area (Å²) in [7, 11) is 0. The first-order chi connectivity index (χ1) is 19.0. The second-order valence-electron chi connectivity index (χ2n) is 13.0. The summed E-state index contributed by atoms with van der Waals surface area (Å²) in [6.45, 7) is 19.8. The molecule has 2 aliphatic rings. The Morgan fingerprint density at radius 1 is 0.950 bits per heavy atom. The summed E-state index contributed by atoms with van der Waals surface area (Å²) in [5, 5.41) is 0. The Morgan fingerprint density at radius 2 is 1.62 bits per heavy atom. The van der Waals surface area contributed by atoms with E-state index in [1.165, 1.54) is 46.8 Å². The molecular weight excluding hydrogens is 492 g/mol. The van der Waals surface area contributed by atoms with Crippen LogP contribution in [-0.4, -0.2) is 36.0 Å². The summed E-state index contributed by atoms with van der Waals surface area (Å²) in [5.74, 6) is -0.110. The second-order valence-corrected chi connectivity index (χ2v) is 13.0. The highest BCUT2D eigenvalue weighted by atomic mass is 16.5. The Balaban J connectivity index is 1.63. The molecule has 0 amide bonds. The molecule has 0 bridgehead atoms. The van der Waals surface area contributed by atoms with Crippen LogP contribution in [0.5, 0.6) is 0 Å². The van der Waals surface area contributed by atoms with Gasteiger partial charge in [0.15, 0.2) is 12.3 Å². The van der Waals surface area contributed by atoms with E-state index in [0.29, 0.717) is 6.61 Å². The molecule has 0 unspecified atom stereocenters. The number of unbranched alkanes of at least 4 members (excludes halogenated alkanes) is 1. The summed E-state index contributed by atoms with van der Waals surface area (Å²) in [6, 6.07) is 17.6. The van der Waals surface area contributed by atoms with E-state index in [-0.39, 0.29) is 16.8 Å². The number of benzene rings is 2. The zero-order valence-electron chi connectivity index (χ0n) is 26.0. The zero-order chi connectivity index (χ0) is 29.1. The number of allylic oxidation sites excluding steroid dienone is 4. The highest BCUT2D eigenvalue weighted by molar-refractivity contribution is 6.03. The van der Waals surface area contributed by atoms with E-state index in [1.54, 1.807) is 0 Å². The fourth-order valence-corrected chi connectivity index (χ4v) is 6.04. The molecule has 0 N–H and O–H groups in total. The summed E-state index contributed by atoms with van der Waals surface area (Å²) in [5.41, 5.74) is 7.34. The van der Waals surface area contributed by atoms with Crippen LogP contribution in [0.2, 0.25) is 0 Å². The van der Waals surface area contributed by atoms with Gasteiger partial charge < -0.3 is 9.64 Å². The van der Waals surface area contributed by atoms with E-state index in [1.807, 2.05) is 20.8 Å². The molecule has 2 aromatic carbocycles. The molecule has 0 fully saturated rings. The molecule has 4 heteroatoms. The van der Waals surface area contributed by atoms with Crippen LogP contribution in [0.1, 0.15) is 92.2 Å². The van der Waals surface area contributed by atoms with E-state index in [9.17, 15) is 4.79 Å². The van der Waals surface area contributed by atoms with Gasteiger partial charge in [0.25, 0.3) is 0 Å². The lowest BCUT2D eigenvalue weighted by Crippen LogP contribution is -2.29. The minimum absolute atomic E-state index is 0.0523. The van der Waals surface area contributed by atoms with Gasteiger partial charge in [0.05, 0.1) is 17.4 Å². The maximum absolute atomic E-state index is 12.5. The number of hydrogen-bond acceptors (Lipinski definition) is 3. The van der Waals surface area contributed by atoms with Gasteiger partial charge in [-0.2, -0.15) is 4.58 Å². The third-order valence-corrected chi connectivity index (χ3v) is 9.04. The van der Waals surface area contributed by atoms with Crippen LogP contribution in [-0.2, 0) is 20.4 Å². The molecule has 0 spiro atoms. The molecule has 0 radical (unpaired) electrons. The van der Waals surface area contributed by atoms with E-state index >= 15 is 0 Å². The fourth-order valence-electron chi connectivity index (χ4n) is 6.04. The van der Waals surface area contributed by atoms with Gasteiger partial charge in [-0.1, -0.05) is 76.6 Å². The van der Waals surface area contributed by atoms with Gasteiger partial charge in [-0.3, -0.25) is 4.79 Å². The minimum Gasteiger partial charge on any atom is -0.465 e. The Kier molecular flexibility index (Phi) is 8.77. The largest absolute Gasteiger partial charge is 0.465 e. The van der Waals surface area contributed by atoms with E-state index in [4.69, 9.17) is 4.74 Å². The van der Waals surface area contributed by atoms with Crippen molar-refractivity contribution < 1.29 is 14.1 Å². The van der Waals surface area contributed by atoms with Crippen LogP contribution in [0.25, 0.3) is 0 Å². The number of esters is 1. The van der Waals surface area contributed by atoms with Crippen LogP contribution in [0, 0.1) is 5.41 Å². The molecular formula is C36H49N2O2+. The first-order valence-corrected chi connectivity index (χ1v) is 15.1. The predicted octanol–water partition coefficient (Wildman–Crippen LogP) is 8.47. The molecule has 2 aromatic rings. The molecule has 0 saturated carbocycles. The molecule has 4 nitrogen and oxygen atoms in total. The molecule has 40 heavy (non-hydrogen) atoms. The lowest BCUT2D eigenvalue weighted by Gasteiger charge is -2.27. The quantitative estimate of drug-likeness (QED) is 0.162. The summed E-state index contributed by atoms with van der Waals surface area (Å²) >= 11 is 0. The smallest absolute Gasteiger partial charge is 0.311 e. The molecule has 2 heterocycles. The maximum Gasteiger partial charge on any atom is 0.311 e. The van der Waals surface area contributed by atoms with Crippen molar-refractivity contribution in [1.82, 2.24) is 0 Å². The van der Waals surface area contributed by atoms with Crippen molar-refractivity contribution in [3.63, 3.8) is 0 Å². The average molecular weight is 542 g/mol. The lowest BCUT2D eigenvalue weighted by atomic mass is 9.81. The normalized spacial score (nSPS) is 18.5. The molecule has 0 saturated heterocycles. The monoisotopic (exact) mass is 541 g/mol. The fraction of sp³-hybridized carbons (Fsp3) is 0.500. The third kappa shape index (κ3) is 5.55. The third-order valence-electron chi connectivity index (χ3n) is 9.04. The Hall–Kier alpha value is -3.14. The average Bonchev–Trinajstić information content (AvgIpc) is 3.28. The van der Waals surface area contributed by atoms with E-state index in [2.05, 4.69) is 111 Å². The zero-order valence-corrected chi connectivity index (χ0v) is 26.0. The van der Waals surface area contributed by atoms with E-state index < -0.39 is 5.41 Å². The van der Waals surface area contributed by atoms with Gasteiger partial charge in [0.1, 0.15) is 0 Å². The number of rotatable bonds is 11. The van der Waals surface area contributed by atoms with Crippen molar-refractivity contribution in [1.29, 1.82) is 0 Å². The summed E-state index contributed by atoms with van der Waals surface area (Å²) < 4.78 is 8.09. The number of para-hydroxylation sites is 2. The number of carbonyl (C=O) groups excluding carboxylic acids is 1. The standard InChI is InChI=1S/C36H49N2O2/c1-9-11-24-37-29-20-14-12-18-27(29)35(5,6)31(37)22-16-23-32-36(7,8)28-19-13-15-21-30(28)38(32)25-17-26-40-33(39)34(3,4)10-2/h12-16,18-23H,9-11,17,24-26H2,1-8H3/q+1. The topological polar surface area (TPSA) is 32.5 Å². The van der Waals surface area contributed by atoms with Crippen LogP contribution in [0.3, 0.4) is 0 Å². The van der Waals surface area contributed by atoms with Crippen molar-refractivity contribution in [2.45, 2.75) is 91.9 Å². The van der Waals surface area contributed by atoms with Crippen LogP contribution >= 0.6 is 0 Å². The summed E-state index contributed by atoms with van der Waals surface area (Å²) in [6.07, 6.45) is 10.8. The lowest BCUT2D eigenvalue weighted by molar-refractivity contribution is -0.438. The van der Waals surface area contributed by atoms with Crippen LogP contribution < -0.4 is 4.90 Å². The van der Waals surface area contributed by atoms with Crippen molar-refractivity contribution in [2.24, 2.45) is 5.41 Å². The molecule has 0 aromatic heterocycles. The molecule has 214 valence electrons. The van der Waals surface area contributed by atoms with Gasteiger partial charge in [-0.05, 0) is 58.2 Å². The van der Waals surface area contributed by atoms with Crippen molar-refractivity contribution >= 4 is 23.1 Å². The Morgan fingerprint density at radius 3 is 2.33 bits per heavy atom. The van der Waals surface area contributed by atoms with Gasteiger partial charge in [-0.15, -0.1) is 0 Å². The second kappa shape index (κ2) is 11.8. The molecule has 4 rings (SSSR count). The Bertz CT molecular complexity index is 1330. The molecule has 0 atom stereocenters. The SMILES string of the molecule is CCCCN1C(=CC=CC2=[N+](CCCOC(=O)C(C)(C)CC)c3ccccc3C2(C)C)C(C)(C)c2ccccc21. The highest BCUT2D eigenvalue weighted by Crippen LogP contribution is 2.47. The predicted molar refractivity (Wildman–Crippen MR) is 168 cm³/mol. The van der Waals surface area contributed by atoms with Crippen LogP contribution in [0.4, 0.5) is 11.4 Å². The van der Waals surface area contributed by atoms with Gasteiger partial charge in [0, 0.05) is 47.5 Å². The van der Waals surface area contributed by atoms with Gasteiger partial charge >= 0.3 is 5.97 Å². The number of ether oxygens (including phenoxy) is 1. The number of hydrogen-bond donors (Lipinski definition) is 0. The van der Waals surface area contributed by atoms with E-state index in [0.717, 1.165) is 25.9 Å². The van der Waals surface area contributed by atoms with Gasteiger partial charge in [0.2, 0.25) is 5.69 Å². The highest BCUT2D eigenvalue weighted by Gasteiger charge is 2.44. The summed E-state index contributed by atoms with van der Waals surface area (Å²) in [4.78, 5) is 15.0. The Labute approximate surface area is 242 Å². The first kappa shape index (κ1) is 29.8. The first-order valence-electron chi connectivity index (χ1n) is 15.1. The molecule has 0 aliphatic carbocycles. The van der Waals surface area contributed by atoms with Crippen LogP contribution in [0.15, 0.2) is 72.5 Å².